The highest BCUT2D eigenvalue weighted by Gasteiger charge is 2.75. The quantitative estimate of drug-likeness (QED) is 0.325. The topological polar surface area (TPSA) is 108 Å². The minimum Gasteiger partial charge on any atom is -0.494 e. The Morgan fingerprint density at radius 2 is 1.92 bits per heavy atom. The highest BCUT2D eigenvalue weighted by Crippen LogP contribution is 2.68. The maximum atomic E-state index is 14.1. The Bertz CT molecular complexity index is 1000. The lowest BCUT2D eigenvalue weighted by Crippen LogP contribution is -2.57. The Morgan fingerprint density at radius 1 is 1.18 bits per heavy atom. The number of nitrogens with zero attached hydrogens (tertiary/aromatic N) is 1. The number of unbranched alkanes of at least 4 members (excludes halogenated alkanes) is 2. The standard InChI is InChI=1S/C29H43N3O5S/c1-5-10-19(4)30-27(35)25-29-18(3)17-22(38-29)23(24(29)28(36)32(25)15-8-7-9-16-33)26(34)31-20-11-13-21(14-12-20)37-6-2/h11-14,18-19,22-25,33H,5-10,15-17H2,1-4H3,(H,30,35)(H,31,34)/t18?,19?,22-,23+,24+,25?,29?/m1/s1. The molecule has 1 aromatic carbocycles. The first-order chi connectivity index (χ1) is 18.3. The minimum absolute atomic E-state index is 0.00144. The number of carbonyl (C=O) groups is 3. The number of fused-ring (bicyclic) bond motifs is 1. The first kappa shape index (κ1) is 28.7. The van der Waals surface area contributed by atoms with Crippen molar-refractivity contribution in [3.8, 4) is 5.75 Å². The highest BCUT2D eigenvalue weighted by molar-refractivity contribution is 8.02. The number of benzene rings is 1. The van der Waals surface area contributed by atoms with E-state index in [4.69, 9.17) is 4.74 Å². The average molecular weight is 546 g/mol. The largest absolute Gasteiger partial charge is 0.494 e. The number of carbonyl (C=O) groups excluding carboxylic acids is 3. The number of nitrogens with one attached hydrogen (secondary N) is 2. The van der Waals surface area contributed by atoms with E-state index in [1.54, 1.807) is 16.7 Å². The molecule has 3 aliphatic rings. The molecule has 4 rings (SSSR count). The van der Waals surface area contributed by atoms with Gasteiger partial charge in [0, 0.05) is 30.1 Å². The third-order valence-electron chi connectivity index (χ3n) is 8.40. The predicted octanol–water partition coefficient (Wildman–Crippen LogP) is 3.83. The zero-order chi connectivity index (χ0) is 27.4. The number of rotatable bonds is 13. The van der Waals surface area contributed by atoms with Crippen molar-refractivity contribution in [3.05, 3.63) is 24.3 Å². The summed E-state index contributed by atoms with van der Waals surface area (Å²) in [7, 11) is 0. The summed E-state index contributed by atoms with van der Waals surface area (Å²) in [6.07, 6.45) is 4.81. The third kappa shape index (κ3) is 5.28. The van der Waals surface area contributed by atoms with Gasteiger partial charge in [-0.05, 0) is 76.1 Å². The van der Waals surface area contributed by atoms with Gasteiger partial charge in [-0.2, -0.15) is 0 Å². The molecule has 3 amide bonds. The maximum Gasteiger partial charge on any atom is 0.244 e. The van der Waals surface area contributed by atoms with Crippen molar-refractivity contribution in [1.29, 1.82) is 0 Å². The van der Waals surface area contributed by atoms with Gasteiger partial charge in [-0.25, -0.2) is 0 Å². The van der Waals surface area contributed by atoms with Crippen molar-refractivity contribution >= 4 is 35.2 Å². The number of hydrogen-bond donors (Lipinski definition) is 3. The first-order valence-electron chi connectivity index (χ1n) is 14.2. The number of amides is 3. The van der Waals surface area contributed by atoms with Crippen LogP contribution in [0.4, 0.5) is 5.69 Å². The van der Waals surface area contributed by atoms with Gasteiger partial charge >= 0.3 is 0 Å². The van der Waals surface area contributed by atoms with E-state index in [0.717, 1.165) is 37.9 Å². The summed E-state index contributed by atoms with van der Waals surface area (Å²) >= 11 is 1.70. The molecule has 210 valence electrons. The van der Waals surface area contributed by atoms with E-state index < -0.39 is 22.6 Å². The normalized spacial score (nSPS) is 30.3. The molecular formula is C29H43N3O5S. The van der Waals surface area contributed by atoms with Crippen LogP contribution in [0.3, 0.4) is 0 Å². The number of thioether (sulfide) groups is 1. The molecule has 1 aromatic rings. The van der Waals surface area contributed by atoms with Crippen LogP contribution in [-0.2, 0) is 14.4 Å². The van der Waals surface area contributed by atoms with Crippen molar-refractivity contribution in [3.63, 3.8) is 0 Å². The van der Waals surface area contributed by atoms with Gasteiger partial charge in [0.2, 0.25) is 17.7 Å². The second kappa shape index (κ2) is 12.3. The van der Waals surface area contributed by atoms with E-state index in [1.807, 2.05) is 38.1 Å². The Balaban J connectivity index is 1.60. The SMILES string of the molecule is CCCC(C)NC(=O)C1N(CCCCCO)C(=O)[C@@H]2[C@@H](C(=O)Nc3ccc(OCC)cc3)[C@H]3CC(C)C12S3. The summed E-state index contributed by atoms with van der Waals surface area (Å²) in [6, 6.07) is 6.71. The Labute approximate surface area is 230 Å². The van der Waals surface area contributed by atoms with Crippen LogP contribution in [0.5, 0.6) is 5.75 Å². The lowest BCUT2D eigenvalue weighted by Gasteiger charge is -2.39. The number of aliphatic hydroxyl groups is 1. The van der Waals surface area contributed by atoms with Gasteiger partial charge in [-0.1, -0.05) is 20.3 Å². The predicted molar refractivity (Wildman–Crippen MR) is 150 cm³/mol. The molecule has 38 heavy (non-hydrogen) atoms. The summed E-state index contributed by atoms with van der Waals surface area (Å²) in [5.41, 5.74) is 0.669. The first-order valence-corrected chi connectivity index (χ1v) is 15.1. The molecule has 3 N–H and O–H groups in total. The number of likely N-dealkylation sites (tertiary alicyclic amines) is 1. The van der Waals surface area contributed by atoms with Gasteiger partial charge in [0.05, 0.1) is 23.2 Å². The van der Waals surface area contributed by atoms with E-state index in [1.165, 1.54) is 0 Å². The van der Waals surface area contributed by atoms with E-state index in [-0.39, 0.29) is 41.5 Å². The molecule has 0 aromatic heterocycles. The molecule has 3 heterocycles. The Hall–Kier alpha value is -2.26. The van der Waals surface area contributed by atoms with Gasteiger partial charge in [-0.15, -0.1) is 11.8 Å². The smallest absolute Gasteiger partial charge is 0.244 e. The monoisotopic (exact) mass is 545 g/mol. The molecule has 8 nitrogen and oxygen atoms in total. The molecule has 2 bridgehead atoms. The maximum absolute atomic E-state index is 14.1. The molecular weight excluding hydrogens is 502 g/mol. The lowest BCUT2D eigenvalue weighted by atomic mass is 9.65. The number of anilines is 1. The number of ether oxygens (including phenoxy) is 1. The zero-order valence-electron chi connectivity index (χ0n) is 23.1. The van der Waals surface area contributed by atoms with Crippen molar-refractivity contribution in [2.45, 2.75) is 88.3 Å². The van der Waals surface area contributed by atoms with Crippen LogP contribution in [0.2, 0.25) is 0 Å². The summed E-state index contributed by atoms with van der Waals surface area (Å²) in [4.78, 5) is 43.4. The molecule has 0 saturated carbocycles. The molecule has 1 spiro atoms. The highest BCUT2D eigenvalue weighted by atomic mass is 32.2. The van der Waals surface area contributed by atoms with Crippen LogP contribution < -0.4 is 15.4 Å². The Morgan fingerprint density at radius 3 is 2.58 bits per heavy atom. The second-order valence-electron chi connectivity index (χ2n) is 11.0. The van der Waals surface area contributed by atoms with E-state index in [0.29, 0.717) is 25.3 Å². The van der Waals surface area contributed by atoms with Crippen molar-refractivity contribution < 1.29 is 24.2 Å². The molecule has 7 atom stereocenters. The molecule has 9 heteroatoms. The summed E-state index contributed by atoms with van der Waals surface area (Å²) in [5.74, 6) is -0.467. The van der Waals surface area contributed by atoms with Crippen molar-refractivity contribution in [2.24, 2.45) is 17.8 Å². The van der Waals surface area contributed by atoms with Gasteiger partial charge in [-0.3, -0.25) is 14.4 Å². The van der Waals surface area contributed by atoms with E-state index in [2.05, 4.69) is 24.5 Å². The molecule has 4 unspecified atom stereocenters. The van der Waals surface area contributed by atoms with Gasteiger partial charge in [0.25, 0.3) is 0 Å². The molecule has 0 aliphatic carbocycles. The van der Waals surface area contributed by atoms with Crippen molar-refractivity contribution in [1.82, 2.24) is 10.2 Å². The number of aliphatic hydroxyl groups excluding tert-OH is 1. The summed E-state index contributed by atoms with van der Waals surface area (Å²) in [5, 5.41) is 15.4. The van der Waals surface area contributed by atoms with Crippen LogP contribution in [0, 0.1) is 17.8 Å². The minimum atomic E-state index is -0.615. The van der Waals surface area contributed by atoms with Crippen LogP contribution in [0.25, 0.3) is 0 Å². The van der Waals surface area contributed by atoms with Gasteiger partial charge < -0.3 is 25.4 Å². The zero-order valence-corrected chi connectivity index (χ0v) is 23.9. The molecule has 3 fully saturated rings. The van der Waals surface area contributed by atoms with Crippen LogP contribution >= 0.6 is 11.8 Å². The van der Waals surface area contributed by atoms with Crippen molar-refractivity contribution in [2.75, 3.05) is 25.1 Å². The molecule has 3 saturated heterocycles. The second-order valence-corrected chi connectivity index (χ2v) is 12.6. The van der Waals surface area contributed by atoms with Crippen LogP contribution in [0.15, 0.2) is 24.3 Å². The average Bonchev–Trinajstić information content (AvgIpc) is 3.47. The van der Waals surface area contributed by atoms with Gasteiger partial charge in [0.15, 0.2) is 0 Å². The van der Waals surface area contributed by atoms with Crippen LogP contribution in [0.1, 0.15) is 66.2 Å². The summed E-state index contributed by atoms with van der Waals surface area (Å²) in [6.45, 7) is 9.30. The fraction of sp³-hybridized carbons (Fsp3) is 0.690. The van der Waals surface area contributed by atoms with Crippen LogP contribution in [-0.4, -0.2) is 69.6 Å². The molecule has 3 aliphatic heterocycles. The Kier molecular flexibility index (Phi) is 9.29. The van der Waals surface area contributed by atoms with Gasteiger partial charge in [0.1, 0.15) is 11.8 Å². The fourth-order valence-corrected chi connectivity index (χ4v) is 9.21. The lowest BCUT2D eigenvalue weighted by molar-refractivity contribution is -0.139. The fourth-order valence-electron chi connectivity index (χ4n) is 6.78. The molecule has 0 radical (unpaired) electrons. The summed E-state index contributed by atoms with van der Waals surface area (Å²) < 4.78 is 4.89. The van der Waals surface area contributed by atoms with E-state index in [9.17, 15) is 19.5 Å². The third-order valence-corrected chi connectivity index (χ3v) is 10.5. The number of hydrogen-bond acceptors (Lipinski definition) is 6. The van der Waals surface area contributed by atoms with E-state index >= 15 is 0 Å².